The SMILES string of the molecule is Cc1ccc(-c2noc(CN3CCN(C(=O)c4cnc(-c5ccccc5)nc4)CC3)n2)cc1. The van der Waals surface area contributed by atoms with E-state index in [0.29, 0.717) is 42.7 Å². The van der Waals surface area contributed by atoms with E-state index in [0.717, 1.165) is 24.2 Å². The molecule has 5 rings (SSSR count). The summed E-state index contributed by atoms with van der Waals surface area (Å²) in [5, 5.41) is 4.10. The first-order valence-electron chi connectivity index (χ1n) is 10.9. The molecule has 0 N–H and O–H groups in total. The molecule has 0 saturated carbocycles. The lowest BCUT2D eigenvalue weighted by atomic mass is 10.1. The Labute approximate surface area is 191 Å². The van der Waals surface area contributed by atoms with Crippen molar-refractivity contribution >= 4 is 5.91 Å². The maximum absolute atomic E-state index is 12.9. The van der Waals surface area contributed by atoms with E-state index >= 15 is 0 Å². The summed E-state index contributed by atoms with van der Waals surface area (Å²) in [6.07, 6.45) is 3.21. The van der Waals surface area contributed by atoms with Crippen molar-refractivity contribution in [2.45, 2.75) is 13.5 Å². The van der Waals surface area contributed by atoms with Gasteiger partial charge >= 0.3 is 0 Å². The number of hydrogen-bond donors (Lipinski definition) is 0. The molecule has 2 aromatic heterocycles. The lowest BCUT2D eigenvalue weighted by Gasteiger charge is -2.33. The van der Waals surface area contributed by atoms with Crippen molar-refractivity contribution in [2.75, 3.05) is 26.2 Å². The van der Waals surface area contributed by atoms with Crippen LogP contribution in [-0.4, -0.2) is 62.0 Å². The van der Waals surface area contributed by atoms with Gasteiger partial charge in [-0.15, -0.1) is 0 Å². The van der Waals surface area contributed by atoms with E-state index in [1.165, 1.54) is 5.56 Å². The number of nitrogens with zero attached hydrogens (tertiary/aromatic N) is 6. The molecule has 1 saturated heterocycles. The number of carbonyl (C=O) groups excluding carboxylic acids is 1. The molecule has 0 radical (unpaired) electrons. The van der Waals surface area contributed by atoms with Crippen LogP contribution in [0.5, 0.6) is 0 Å². The fourth-order valence-electron chi connectivity index (χ4n) is 3.80. The number of rotatable bonds is 5. The van der Waals surface area contributed by atoms with Gasteiger partial charge in [-0.25, -0.2) is 9.97 Å². The van der Waals surface area contributed by atoms with Gasteiger partial charge in [0.25, 0.3) is 5.91 Å². The molecule has 1 fully saturated rings. The third kappa shape index (κ3) is 4.80. The van der Waals surface area contributed by atoms with Crippen molar-refractivity contribution in [2.24, 2.45) is 0 Å². The summed E-state index contributed by atoms with van der Waals surface area (Å²) in [4.78, 5) is 30.2. The van der Waals surface area contributed by atoms with Crippen LogP contribution in [0.1, 0.15) is 21.8 Å². The Morgan fingerprint density at radius 2 is 1.55 bits per heavy atom. The summed E-state index contributed by atoms with van der Waals surface area (Å²) < 4.78 is 5.44. The number of aryl methyl sites for hydroxylation is 1. The van der Waals surface area contributed by atoms with Crippen LogP contribution < -0.4 is 0 Å². The van der Waals surface area contributed by atoms with Crippen molar-refractivity contribution in [3.8, 4) is 22.8 Å². The van der Waals surface area contributed by atoms with Crippen LogP contribution in [0.3, 0.4) is 0 Å². The number of piperazine rings is 1. The van der Waals surface area contributed by atoms with E-state index < -0.39 is 0 Å². The van der Waals surface area contributed by atoms with E-state index in [4.69, 9.17) is 4.52 Å². The van der Waals surface area contributed by atoms with Gasteiger partial charge in [0.1, 0.15) is 0 Å². The fourth-order valence-corrected chi connectivity index (χ4v) is 3.80. The standard InChI is InChI=1S/C25H24N6O2/c1-18-7-9-20(10-8-18)24-28-22(33-29-24)17-30-11-13-31(14-12-30)25(32)21-15-26-23(27-16-21)19-5-3-2-4-6-19/h2-10,15-16H,11-14,17H2,1H3. The number of benzene rings is 2. The van der Waals surface area contributed by atoms with Crippen LogP contribution in [0, 0.1) is 6.92 Å². The van der Waals surface area contributed by atoms with Gasteiger partial charge in [0.15, 0.2) is 5.82 Å². The van der Waals surface area contributed by atoms with Crippen LogP contribution in [0.2, 0.25) is 0 Å². The molecule has 1 amide bonds. The number of hydrogen-bond acceptors (Lipinski definition) is 7. The summed E-state index contributed by atoms with van der Waals surface area (Å²) in [7, 11) is 0. The quantitative estimate of drug-likeness (QED) is 0.470. The smallest absolute Gasteiger partial charge is 0.257 e. The van der Waals surface area contributed by atoms with Crippen LogP contribution in [0.25, 0.3) is 22.8 Å². The van der Waals surface area contributed by atoms with Gasteiger partial charge < -0.3 is 9.42 Å². The second-order valence-electron chi connectivity index (χ2n) is 8.11. The topological polar surface area (TPSA) is 88.3 Å². The Morgan fingerprint density at radius 3 is 2.24 bits per heavy atom. The third-order valence-corrected chi connectivity index (χ3v) is 5.73. The molecule has 0 spiro atoms. The van der Waals surface area contributed by atoms with Gasteiger partial charge in [-0.2, -0.15) is 4.98 Å². The summed E-state index contributed by atoms with van der Waals surface area (Å²) >= 11 is 0. The minimum absolute atomic E-state index is 0.0475. The predicted molar refractivity (Wildman–Crippen MR) is 123 cm³/mol. The van der Waals surface area contributed by atoms with Crippen molar-refractivity contribution < 1.29 is 9.32 Å². The van der Waals surface area contributed by atoms with Gasteiger partial charge in [0.2, 0.25) is 11.7 Å². The van der Waals surface area contributed by atoms with Crippen LogP contribution in [-0.2, 0) is 6.54 Å². The monoisotopic (exact) mass is 440 g/mol. The normalized spacial score (nSPS) is 14.4. The lowest BCUT2D eigenvalue weighted by molar-refractivity contribution is 0.0614. The Hall–Kier alpha value is -3.91. The largest absolute Gasteiger partial charge is 0.338 e. The molecule has 4 aromatic rings. The second kappa shape index (κ2) is 9.30. The van der Waals surface area contributed by atoms with Crippen LogP contribution >= 0.6 is 0 Å². The molecule has 1 aliphatic rings. The Kier molecular flexibility index (Phi) is 5.91. The molecule has 3 heterocycles. The molecule has 0 bridgehead atoms. The first kappa shape index (κ1) is 21.0. The number of carbonyl (C=O) groups is 1. The average molecular weight is 441 g/mol. The summed E-state index contributed by atoms with van der Waals surface area (Å²) in [6.45, 7) is 5.32. The highest BCUT2D eigenvalue weighted by molar-refractivity contribution is 5.93. The maximum atomic E-state index is 12.9. The number of amides is 1. The molecule has 2 aromatic carbocycles. The highest BCUT2D eigenvalue weighted by Gasteiger charge is 2.24. The molecular formula is C25H24N6O2. The van der Waals surface area contributed by atoms with Crippen molar-refractivity contribution in [1.82, 2.24) is 29.9 Å². The summed E-state index contributed by atoms with van der Waals surface area (Å²) in [6, 6.07) is 17.8. The van der Waals surface area contributed by atoms with E-state index in [9.17, 15) is 4.79 Å². The molecule has 33 heavy (non-hydrogen) atoms. The minimum Gasteiger partial charge on any atom is -0.338 e. The zero-order valence-electron chi connectivity index (χ0n) is 18.4. The zero-order valence-corrected chi connectivity index (χ0v) is 18.4. The molecular weight excluding hydrogens is 416 g/mol. The Bertz CT molecular complexity index is 1210. The lowest BCUT2D eigenvalue weighted by Crippen LogP contribution is -2.48. The first-order valence-corrected chi connectivity index (χ1v) is 10.9. The van der Waals surface area contributed by atoms with Crippen molar-refractivity contribution in [1.29, 1.82) is 0 Å². The van der Waals surface area contributed by atoms with Crippen LogP contribution in [0.15, 0.2) is 71.5 Å². The molecule has 1 aliphatic heterocycles. The van der Waals surface area contributed by atoms with Gasteiger partial charge in [-0.05, 0) is 6.92 Å². The summed E-state index contributed by atoms with van der Waals surface area (Å²) in [5.74, 6) is 1.74. The zero-order chi connectivity index (χ0) is 22.6. The molecule has 8 heteroatoms. The minimum atomic E-state index is -0.0475. The fraction of sp³-hybridized carbons (Fsp3) is 0.240. The highest BCUT2D eigenvalue weighted by atomic mass is 16.5. The second-order valence-corrected chi connectivity index (χ2v) is 8.11. The van der Waals surface area contributed by atoms with Gasteiger partial charge in [-0.1, -0.05) is 65.3 Å². The van der Waals surface area contributed by atoms with E-state index in [1.54, 1.807) is 12.4 Å². The van der Waals surface area contributed by atoms with Gasteiger partial charge in [0, 0.05) is 49.7 Å². The van der Waals surface area contributed by atoms with Gasteiger partial charge in [-0.3, -0.25) is 9.69 Å². The third-order valence-electron chi connectivity index (χ3n) is 5.73. The highest BCUT2D eigenvalue weighted by Crippen LogP contribution is 2.18. The molecule has 166 valence electrons. The van der Waals surface area contributed by atoms with E-state index in [2.05, 4.69) is 25.0 Å². The van der Waals surface area contributed by atoms with Gasteiger partial charge in [0.05, 0.1) is 12.1 Å². The average Bonchev–Trinajstić information content (AvgIpc) is 3.33. The van der Waals surface area contributed by atoms with E-state index in [1.807, 2.05) is 66.4 Å². The Morgan fingerprint density at radius 1 is 0.879 bits per heavy atom. The molecule has 8 nitrogen and oxygen atoms in total. The number of aromatic nitrogens is 4. The predicted octanol–water partition coefficient (Wildman–Crippen LogP) is 3.46. The van der Waals surface area contributed by atoms with Crippen molar-refractivity contribution in [3.05, 3.63) is 84.0 Å². The molecule has 0 atom stereocenters. The van der Waals surface area contributed by atoms with Crippen molar-refractivity contribution in [3.63, 3.8) is 0 Å². The van der Waals surface area contributed by atoms with E-state index in [-0.39, 0.29) is 5.91 Å². The summed E-state index contributed by atoms with van der Waals surface area (Å²) in [5.41, 5.74) is 3.56. The van der Waals surface area contributed by atoms with Crippen LogP contribution in [0.4, 0.5) is 0 Å². The molecule has 0 aliphatic carbocycles. The maximum Gasteiger partial charge on any atom is 0.257 e. The first-order chi connectivity index (χ1) is 16.2. The Balaban J connectivity index is 1.16. The molecule has 0 unspecified atom stereocenters.